The SMILES string of the molecule is C.CC1(C)CCCC(C)(C)C1.CC1CCCC(C)(C)C1. The van der Waals surface area contributed by atoms with Crippen LogP contribution in [0.5, 0.6) is 0 Å². The van der Waals surface area contributed by atoms with Crippen molar-refractivity contribution in [2.75, 3.05) is 0 Å². The third-order valence-corrected chi connectivity index (χ3v) is 5.12. The third-order valence-electron chi connectivity index (χ3n) is 5.12. The largest absolute Gasteiger partial charge is 0.0776 e. The maximum absolute atomic E-state index is 2.40. The molecule has 0 radical (unpaired) electrons. The topological polar surface area (TPSA) is 0 Å². The molecule has 2 aliphatic rings. The molecule has 0 spiro atoms. The van der Waals surface area contributed by atoms with E-state index in [1.807, 2.05) is 0 Å². The van der Waals surface area contributed by atoms with Gasteiger partial charge >= 0.3 is 0 Å². The molecule has 122 valence electrons. The van der Waals surface area contributed by atoms with Crippen LogP contribution in [-0.4, -0.2) is 0 Å². The van der Waals surface area contributed by atoms with Crippen molar-refractivity contribution in [1.82, 2.24) is 0 Å². The first kappa shape index (κ1) is 20.0. The predicted octanol–water partition coefficient (Wildman–Crippen LogP) is 7.47. The van der Waals surface area contributed by atoms with E-state index in [1.165, 1.54) is 51.4 Å². The van der Waals surface area contributed by atoms with Crippen molar-refractivity contribution in [1.29, 1.82) is 0 Å². The first-order valence-corrected chi connectivity index (χ1v) is 8.52. The van der Waals surface area contributed by atoms with Gasteiger partial charge in [0.05, 0.1) is 0 Å². The molecule has 2 rings (SSSR count). The molecule has 0 amide bonds. The van der Waals surface area contributed by atoms with E-state index in [4.69, 9.17) is 0 Å². The van der Waals surface area contributed by atoms with Crippen molar-refractivity contribution in [3.8, 4) is 0 Å². The van der Waals surface area contributed by atoms with Gasteiger partial charge in [0.1, 0.15) is 0 Å². The van der Waals surface area contributed by atoms with Gasteiger partial charge < -0.3 is 0 Å². The molecular weight excluding hydrogens is 240 g/mol. The molecule has 0 heterocycles. The second-order valence-electron chi connectivity index (χ2n) is 9.72. The maximum Gasteiger partial charge on any atom is -0.0349 e. The highest BCUT2D eigenvalue weighted by Gasteiger charge is 2.32. The summed E-state index contributed by atoms with van der Waals surface area (Å²) in [6.07, 6.45) is 11.5. The van der Waals surface area contributed by atoms with E-state index >= 15 is 0 Å². The minimum atomic E-state index is 0. The van der Waals surface area contributed by atoms with Gasteiger partial charge in [-0.3, -0.25) is 0 Å². The van der Waals surface area contributed by atoms with Crippen LogP contribution in [0.25, 0.3) is 0 Å². The van der Waals surface area contributed by atoms with Gasteiger partial charge in [0, 0.05) is 0 Å². The van der Waals surface area contributed by atoms with Crippen molar-refractivity contribution in [2.24, 2.45) is 22.2 Å². The van der Waals surface area contributed by atoms with Gasteiger partial charge in [0.15, 0.2) is 0 Å². The van der Waals surface area contributed by atoms with E-state index in [0.717, 1.165) is 5.92 Å². The van der Waals surface area contributed by atoms with Crippen LogP contribution < -0.4 is 0 Å². The summed E-state index contributed by atoms with van der Waals surface area (Å²) in [5.74, 6) is 0.980. The molecule has 2 fully saturated rings. The summed E-state index contributed by atoms with van der Waals surface area (Å²) in [7, 11) is 0. The molecule has 0 saturated heterocycles. The smallest absolute Gasteiger partial charge is 0.0349 e. The van der Waals surface area contributed by atoms with Crippen LogP contribution in [0.3, 0.4) is 0 Å². The van der Waals surface area contributed by atoms with Gasteiger partial charge in [0.2, 0.25) is 0 Å². The van der Waals surface area contributed by atoms with Crippen molar-refractivity contribution >= 4 is 0 Å². The zero-order valence-electron chi connectivity index (χ0n) is 14.7. The van der Waals surface area contributed by atoms with Crippen molar-refractivity contribution in [2.45, 2.75) is 107 Å². The molecule has 2 aliphatic carbocycles. The van der Waals surface area contributed by atoms with Crippen molar-refractivity contribution in [3.05, 3.63) is 0 Å². The van der Waals surface area contributed by atoms with Crippen LogP contribution in [0.4, 0.5) is 0 Å². The lowest BCUT2D eigenvalue weighted by molar-refractivity contribution is 0.116. The number of hydrogen-bond acceptors (Lipinski definition) is 0. The van der Waals surface area contributed by atoms with Crippen LogP contribution in [0.2, 0.25) is 0 Å². The quantitative estimate of drug-likeness (QED) is 0.432. The monoisotopic (exact) mass is 282 g/mol. The Morgan fingerprint density at radius 3 is 1.40 bits per heavy atom. The van der Waals surface area contributed by atoms with Gasteiger partial charge in [-0.15, -0.1) is 0 Å². The second-order valence-corrected chi connectivity index (χ2v) is 9.72. The average Bonchev–Trinajstić information content (AvgIpc) is 2.11. The summed E-state index contributed by atoms with van der Waals surface area (Å²) in [4.78, 5) is 0. The Labute approximate surface area is 130 Å². The Morgan fingerprint density at radius 1 is 0.700 bits per heavy atom. The molecule has 1 atom stereocenters. The molecule has 0 bridgehead atoms. The molecule has 0 aromatic heterocycles. The standard InChI is InChI=1S/C10H20.C9H18.CH4/c1-9(2)6-5-7-10(3,4)8-9;1-8-5-4-6-9(2,3)7-8;/h5-8H2,1-4H3;8H,4-7H2,1-3H3;1H4. The molecule has 20 heavy (non-hydrogen) atoms. The highest BCUT2D eigenvalue weighted by molar-refractivity contribution is 4.84. The lowest BCUT2D eigenvalue weighted by Crippen LogP contribution is -2.28. The first-order valence-electron chi connectivity index (χ1n) is 8.52. The number of rotatable bonds is 0. The molecule has 0 aromatic carbocycles. The van der Waals surface area contributed by atoms with Crippen LogP contribution in [0.15, 0.2) is 0 Å². The Hall–Kier alpha value is 0. The molecule has 0 N–H and O–H groups in total. The average molecular weight is 283 g/mol. The molecule has 0 aliphatic heterocycles. The van der Waals surface area contributed by atoms with E-state index in [9.17, 15) is 0 Å². The zero-order chi connectivity index (χ0) is 14.7. The predicted molar refractivity (Wildman–Crippen MR) is 94.2 cm³/mol. The number of hydrogen-bond donors (Lipinski definition) is 0. The van der Waals surface area contributed by atoms with Crippen molar-refractivity contribution in [3.63, 3.8) is 0 Å². The second kappa shape index (κ2) is 7.32. The zero-order valence-corrected chi connectivity index (χ0v) is 14.7. The van der Waals surface area contributed by atoms with Gasteiger partial charge in [0.25, 0.3) is 0 Å². The summed E-state index contributed by atoms with van der Waals surface area (Å²) >= 11 is 0. The highest BCUT2D eigenvalue weighted by atomic mass is 14.4. The fourth-order valence-electron chi connectivity index (χ4n) is 4.59. The molecule has 1 unspecified atom stereocenters. The molecule has 0 heteroatoms. The molecule has 0 nitrogen and oxygen atoms in total. The van der Waals surface area contributed by atoms with E-state index in [1.54, 1.807) is 0 Å². The Kier molecular flexibility index (Phi) is 7.32. The third kappa shape index (κ3) is 7.70. The molecular formula is C20H42. The maximum atomic E-state index is 2.40. The summed E-state index contributed by atoms with van der Waals surface area (Å²) in [6.45, 7) is 16.7. The van der Waals surface area contributed by atoms with E-state index in [2.05, 4.69) is 48.5 Å². The van der Waals surface area contributed by atoms with Crippen molar-refractivity contribution < 1.29 is 0 Å². The minimum absolute atomic E-state index is 0. The van der Waals surface area contributed by atoms with Crippen LogP contribution in [0.1, 0.15) is 107 Å². The van der Waals surface area contributed by atoms with Gasteiger partial charge in [-0.2, -0.15) is 0 Å². The van der Waals surface area contributed by atoms with E-state index in [0.29, 0.717) is 16.2 Å². The normalized spacial score (nSPS) is 30.4. The fourth-order valence-corrected chi connectivity index (χ4v) is 4.59. The van der Waals surface area contributed by atoms with Crippen LogP contribution in [0, 0.1) is 22.2 Å². The van der Waals surface area contributed by atoms with Gasteiger partial charge in [-0.05, 0) is 54.3 Å². The summed E-state index contributed by atoms with van der Waals surface area (Å²) in [5, 5.41) is 0. The summed E-state index contributed by atoms with van der Waals surface area (Å²) in [6, 6.07) is 0. The summed E-state index contributed by atoms with van der Waals surface area (Å²) in [5.41, 5.74) is 1.88. The molecule has 2 saturated carbocycles. The van der Waals surface area contributed by atoms with Gasteiger partial charge in [-0.25, -0.2) is 0 Å². The Morgan fingerprint density at radius 2 is 1.15 bits per heavy atom. The van der Waals surface area contributed by atoms with Crippen LogP contribution in [-0.2, 0) is 0 Å². The Bertz CT molecular complexity index is 256. The highest BCUT2D eigenvalue weighted by Crippen LogP contribution is 2.45. The fraction of sp³-hybridized carbons (Fsp3) is 1.00. The lowest BCUT2D eigenvalue weighted by atomic mass is 9.65. The Balaban J connectivity index is 0.000000345. The minimum Gasteiger partial charge on any atom is -0.0776 e. The first-order chi connectivity index (χ1) is 8.52. The van der Waals surface area contributed by atoms with E-state index < -0.39 is 0 Å². The lowest BCUT2D eigenvalue weighted by Gasteiger charge is -2.40. The van der Waals surface area contributed by atoms with E-state index in [-0.39, 0.29) is 7.43 Å². The molecule has 0 aromatic rings. The van der Waals surface area contributed by atoms with Crippen LogP contribution >= 0.6 is 0 Å². The van der Waals surface area contributed by atoms with Gasteiger partial charge in [-0.1, -0.05) is 75.2 Å². The summed E-state index contributed by atoms with van der Waals surface area (Å²) < 4.78 is 0.